The summed E-state index contributed by atoms with van der Waals surface area (Å²) in [6.45, 7) is 3.50. The van der Waals surface area contributed by atoms with Crippen molar-refractivity contribution < 1.29 is 14.5 Å². The molecular formula is C13H13BrN2O4. The van der Waals surface area contributed by atoms with Crippen LogP contribution in [0.15, 0.2) is 22.7 Å². The van der Waals surface area contributed by atoms with Gasteiger partial charge in [-0.25, -0.2) is 0 Å². The number of rotatable bonds is 3. The van der Waals surface area contributed by atoms with Crippen molar-refractivity contribution in [3.8, 4) is 0 Å². The molecule has 0 aliphatic carbocycles. The van der Waals surface area contributed by atoms with Crippen LogP contribution >= 0.6 is 15.9 Å². The third-order valence-corrected chi connectivity index (χ3v) is 4.28. The van der Waals surface area contributed by atoms with E-state index < -0.39 is 4.92 Å². The summed E-state index contributed by atoms with van der Waals surface area (Å²) in [6, 6.07) is 4.58. The number of hydrogen-bond acceptors (Lipinski definition) is 4. The van der Waals surface area contributed by atoms with Gasteiger partial charge in [0.2, 0.25) is 11.8 Å². The molecule has 2 rings (SSSR count). The summed E-state index contributed by atoms with van der Waals surface area (Å²) in [4.78, 5) is 35.5. The number of nitro benzene ring substituents is 1. The molecule has 0 spiro atoms. The van der Waals surface area contributed by atoms with Gasteiger partial charge in [-0.05, 0) is 27.6 Å². The molecule has 2 unspecified atom stereocenters. The minimum Gasteiger partial charge on any atom is -0.278 e. The summed E-state index contributed by atoms with van der Waals surface area (Å²) in [5, 5.41) is 10.9. The number of carbonyl (C=O) groups excluding carboxylic acids is 2. The summed E-state index contributed by atoms with van der Waals surface area (Å²) >= 11 is 3.10. The molecule has 0 aromatic heterocycles. The maximum Gasteiger partial charge on any atom is 0.283 e. The molecular weight excluding hydrogens is 328 g/mol. The normalized spacial score (nSPS) is 22.4. The van der Waals surface area contributed by atoms with Gasteiger partial charge in [0.1, 0.15) is 0 Å². The number of likely N-dealkylation sites (tertiary alicyclic amines) is 1. The van der Waals surface area contributed by atoms with E-state index in [1.54, 1.807) is 26.0 Å². The number of nitrogens with zero attached hydrogens (tertiary/aromatic N) is 2. The second-order valence-electron chi connectivity index (χ2n) is 4.88. The number of nitro groups is 1. The van der Waals surface area contributed by atoms with E-state index in [4.69, 9.17) is 0 Å². The van der Waals surface area contributed by atoms with E-state index in [9.17, 15) is 19.7 Å². The van der Waals surface area contributed by atoms with Crippen molar-refractivity contribution in [3.05, 3.63) is 38.3 Å². The lowest BCUT2D eigenvalue weighted by Gasteiger charge is -2.14. The first-order chi connectivity index (χ1) is 9.32. The highest BCUT2D eigenvalue weighted by atomic mass is 79.9. The third kappa shape index (κ3) is 2.45. The number of benzene rings is 1. The second-order valence-corrected chi connectivity index (χ2v) is 5.74. The molecule has 1 fully saturated rings. The van der Waals surface area contributed by atoms with Gasteiger partial charge in [-0.3, -0.25) is 24.6 Å². The minimum atomic E-state index is -0.507. The monoisotopic (exact) mass is 340 g/mol. The largest absolute Gasteiger partial charge is 0.283 e. The fourth-order valence-electron chi connectivity index (χ4n) is 2.16. The fourth-order valence-corrected chi connectivity index (χ4v) is 2.55. The molecule has 0 saturated carbocycles. The van der Waals surface area contributed by atoms with Gasteiger partial charge >= 0.3 is 0 Å². The lowest BCUT2D eigenvalue weighted by Crippen LogP contribution is -2.30. The standard InChI is InChI=1S/C13H13BrN2O4/c1-7-8(2)13(18)15(12(7)17)6-9-3-4-10(14)11(5-9)16(19)20/h3-5,7-8H,6H2,1-2H3. The molecule has 2 amide bonds. The predicted molar refractivity (Wildman–Crippen MR) is 74.7 cm³/mol. The van der Waals surface area contributed by atoms with Crippen LogP contribution in [0.3, 0.4) is 0 Å². The zero-order chi connectivity index (χ0) is 15.0. The summed E-state index contributed by atoms with van der Waals surface area (Å²) in [7, 11) is 0. The summed E-state index contributed by atoms with van der Waals surface area (Å²) < 4.78 is 0.368. The highest BCUT2D eigenvalue weighted by Crippen LogP contribution is 2.29. The Labute approximate surface area is 124 Å². The third-order valence-electron chi connectivity index (χ3n) is 3.61. The summed E-state index contributed by atoms with van der Waals surface area (Å²) in [5.41, 5.74) is 0.477. The number of amides is 2. The molecule has 1 aromatic rings. The Morgan fingerprint density at radius 1 is 1.25 bits per heavy atom. The summed E-state index contributed by atoms with van der Waals surface area (Å²) in [6.07, 6.45) is 0. The average molecular weight is 341 g/mol. The molecule has 0 N–H and O–H groups in total. The smallest absolute Gasteiger partial charge is 0.278 e. The number of halogens is 1. The molecule has 20 heavy (non-hydrogen) atoms. The van der Waals surface area contributed by atoms with Crippen molar-refractivity contribution in [1.82, 2.24) is 4.90 Å². The van der Waals surface area contributed by atoms with Gasteiger partial charge < -0.3 is 0 Å². The molecule has 1 aliphatic heterocycles. The molecule has 2 atom stereocenters. The van der Waals surface area contributed by atoms with Crippen LogP contribution < -0.4 is 0 Å². The van der Waals surface area contributed by atoms with Crippen molar-refractivity contribution in [2.24, 2.45) is 11.8 Å². The first kappa shape index (κ1) is 14.6. The van der Waals surface area contributed by atoms with Gasteiger partial charge in [0.05, 0.1) is 15.9 Å². The Morgan fingerprint density at radius 2 is 1.80 bits per heavy atom. The first-order valence-corrected chi connectivity index (χ1v) is 6.90. The van der Waals surface area contributed by atoms with E-state index in [2.05, 4.69) is 15.9 Å². The highest BCUT2D eigenvalue weighted by molar-refractivity contribution is 9.10. The van der Waals surface area contributed by atoms with Gasteiger partial charge in [0, 0.05) is 17.9 Å². The number of hydrogen-bond donors (Lipinski definition) is 0. The van der Waals surface area contributed by atoms with Crippen molar-refractivity contribution in [3.63, 3.8) is 0 Å². The van der Waals surface area contributed by atoms with Crippen LogP contribution in [0.5, 0.6) is 0 Å². The quantitative estimate of drug-likeness (QED) is 0.481. The van der Waals surface area contributed by atoms with E-state index in [-0.39, 0.29) is 35.9 Å². The Balaban J connectivity index is 2.27. The SMILES string of the molecule is CC1C(=O)N(Cc2ccc(Br)c([N+](=O)[O-])c2)C(=O)C1C. The van der Waals surface area contributed by atoms with Gasteiger partial charge in [-0.2, -0.15) is 0 Å². The maximum absolute atomic E-state index is 12.0. The molecule has 0 bridgehead atoms. The molecule has 7 heteroatoms. The van der Waals surface area contributed by atoms with Gasteiger partial charge in [-0.15, -0.1) is 0 Å². The average Bonchev–Trinajstić information content (AvgIpc) is 2.58. The van der Waals surface area contributed by atoms with Crippen LogP contribution in [0.1, 0.15) is 19.4 Å². The Kier molecular flexibility index (Phi) is 3.89. The Morgan fingerprint density at radius 3 is 2.30 bits per heavy atom. The molecule has 6 nitrogen and oxygen atoms in total. The van der Waals surface area contributed by atoms with Crippen molar-refractivity contribution in [2.45, 2.75) is 20.4 Å². The van der Waals surface area contributed by atoms with Crippen LogP contribution in [0.4, 0.5) is 5.69 Å². The van der Waals surface area contributed by atoms with Crippen LogP contribution in [-0.4, -0.2) is 21.6 Å². The van der Waals surface area contributed by atoms with Gasteiger partial charge in [0.25, 0.3) is 5.69 Å². The molecule has 1 aromatic carbocycles. The van der Waals surface area contributed by atoms with Crippen LogP contribution in [0, 0.1) is 22.0 Å². The predicted octanol–water partition coefficient (Wildman–Crippen LogP) is 2.50. The zero-order valence-electron chi connectivity index (χ0n) is 11.0. The van der Waals surface area contributed by atoms with E-state index in [1.807, 2.05) is 0 Å². The van der Waals surface area contributed by atoms with Crippen LogP contribution in [0.2, 0.25) is 0 Å². The fraction of sp³-hybridized carbons (Fsp3) is 0.385. The van der Waals surface area contributed by atoms with Gasteiger partial charge in [-0.1, -0.05) is 19.9 Å². The highest BCUT2D eigenvalue weighted by Gasteiger charge is 2.42. The van der Waals surface area contributed by atoms with E-state index in [1.165, 1.54) is 11.0 Å². The van der Waals surface area contributed by atoms with E-state index in [0.29, 0.717) is 10.0 Å². The van der Waals surface area contributed by atoms with Gasteiger partial charge in [0.15, 0.2) is 0 Å². The van der Waals surface area contributed by atoms with Crippen molar-refractivity contribution in [2.75, 3.05) is 0 Å². The molecule has 1 aliphatic rings. The summed E-state index contributed by atoms with van der Waals surface area (Å²) in [5.74, 6) is -1.14. The lowest BCUT2D eigenvalue weighted by atomic mass is 10.00. The first-order valence-electron chi connectivity index (χ1n) is 6.11. The van der Waals surface area contributed by atoms with E-state index in [0.717, 1.165) is 0 Å². The zero-order valence-corrected chi connectivity index (χ0v) is 12.6. The lowest BCUT2D eigenvalue weighted by molar-refractivity contribution is -0.385. The van der Waals surface area contributed by atoms with Crippen molar-refractivity contribution in [1.29, 1.82) is 0 Å². The molecule has 1 saturated heterocycles. The van der Waals surface area contributed by atoms with Crippen molar-refractivity contribution >= 4 is 33.4 Å². The second kappa shape index (κ2) is 5.32. The van der Waals surface area contributed by atoms with Crippen LogP contribution in [0.25, 0.3) is 0 Å². The maximum atomic E-state index is 12.0. The minimum absolute atomic E-state index is 0.0699. The van der Waals surface area contributed by atoms with Crippen LogP contribution in [-0.2, 0) is 16.1 Å². The topological polar surface area (TPSA) is 80.5 Å². The molecule has 106 valence electrons. The van der Waals surface area contributed by atoms with E-state index >= 15 is 0 Å². The molecule has 1 heterocycles. The number of imide groups is 1. The Hall–Kier alpha value is -1.76. The molecule has 0 radical (unpaired) electrons. The Bertz CT molecular complexity index is 582. The number of carbonyl (C=O) groups is 2.